The molecule has 16 heavy (non-hydrogen) atoms. The predicted molar refractivity (Wildman–Crippen MR) is 66.6 cm³/mol. The van der Waals surface area contributed by atoms with E-state index in [0.29, 0.717) is 12.1 Å². The first kappa shape index (κ1) is 12.3. The Labute approximate surface area is 99.5 Å². The molecule has 2 aliphatic rings. The van der Waals surface area contributed by atoms with Gasteiger partial charge >= 0.3 is 0 Å². The van der Waals surface area contributed by atoms with E-state index in [-0.39, 0.29) is 0 Å². The van der Waals surface area contributed by atoms with Gasteiger partial charge in [0, 0.05) is 44.4 Å². The van der Waals surface area contributed by atoms with E-state index in [1.54, 1.807) is 0 Å². The van der Waals surface area contributed by atoms with Gasteiger partial charge in [-0.25, -0.2) is 0 Å². The quantitative estimate of drug-likeness (QED) is 0.772. The summed E-state index contributed by atoms with van der Waals surface area (Å²) in [5.41, 5.74) is 0. The van der Waals surface area contributed by atoms with E-state index in [1.165, 1.54) is 19.4 Å². The molecule has 0 aromatic rings. The van der Waals surface area contributed by atoms with E-state index in [1.807, 2.05) is 0 Å². The molecule has 2 fully saturated rings. The summed E-state index contributed by atoms with van der Waals surface area (Å²) in [5, 5.41) is 3.61. The summed E-state index contributed by atoms with van der Waals surface area (Å²) in [6, 6.07) is 2.10. The molecule has 94 valence electrons. The summed E-state index contributed by atoms with van der Waals surface area (Å²) >= 11 is 0. The third-order valence-corrected chi connectivity index (χ3v) is 4.02. The summed E-state index contributed by atoms with van der Waals surface area (Å²) < 4.78 is 5.47. The minimum Gasteiger partial charge on any atom is -0.381 e. The molecule has 2 saturated heterocycles. The average molecular weight is 226 g/mol. The summed E-state index contributed by atoms with van der Waals surface area (Å²) in [6.07, 6.45) is 2.44. The summed E-state index contributed by atoms with van der Waals surface area (Å²) in [6.45, 7) is 11.2. The smallest absolute Gasteiger partial charge is 0.0480 e. The van der Waals surface area contributed by atoms with Gasteiger partial charge in [-0.15, -0.1) is 0 Å². The highest BCUT2D eigenvalue weighted by atomic mass is 16.5. The van der Waals surface area contributed by atoms with E-state index >= 15 is 0 Å². The Morgan fingerprint density at radius 3 is 2.56 bits per heavy atom. The molecule has 0 aromatic heterocycles. The van der Waals surface area contributed by atoms with Crippen molar-refractivity contribution in [2.75, 3.05) is 26.3 Å². The SMILES string of the molecule is CC1CN(C2CCOCC2)C(C(C)C)CN1. The van der Waals surface area contributed by atoms with Crippen LogP contribution in [-0.2, 0) is 4.74 Å². The van der Waals surface area contributed by atoms with Gasteiger partial charge in [0.25, 0.3) is 0 Å². The van der Waals surface area contributed by atoms with E-state index in [0.717, 1.165) is 31.7 Å². The monoisotopic (exact) mass is 226 g/mol. The normalized spacial score (nSPS) is 34.5. The maximum atomic E-state index is 5.47. The zero-order chi connectivity index (χ0) is 11.5. The molecule has 2 aliphatic heterocycles. The minimum atomic E-state index is 0.637. The maximum Gasteiger partial charge on any atom is 0.0480 e. The van der Waals surface area contributed by atoms with Gasteiger partial charge in [-0.1, -0.05) is 13.8 Å². The van der Waals surface area contributed by atoms with Gasteiger partial charge in [-0.3, -0.25) is 4.90 Å². The van der Waals surface area contributed by atoms with Crippen LogP contribution in [0.3, 0.4) is 0 Å². The summed E-state index contributed by atoms with van der Waals surface area (Å²) in [4.78, 5) is 2.74. The lowest BCUT2D eigenvalue weighted by atomic mass is 9.94. The van der Waals surface area contributed by atoms with Crippen molar-refractivity contribution in [3.63, 3.8) is 0 Å². The topological polar surface area (TPSA) is 24.5 Å². The average Bonchev–Trinajstić information content (AvgIpc) is 2.29. The van der Waals surface area contributed by atoms with Gasteiger partial charge in [-0.05, 0) is 25.7 Å². The molecule has 2 heterocycles. The third-order valence-electron chi connectivity index (χ3n) is 4.02. The molecule has 0 aliphatic carbocycles. The van der Waals surface area contributed by atoms with Crippen molar-refractivity contribution < 1.29 is 4.74 Å². The number of hydrogen-bond donors (Lipinski definition) is 1. The molecule has 0 saturated carbocycles. The Hall–Kier alpha value is -0.120. The zero-order valence-corrected chi connectivity index (χ0v) is 10.9. The third kappa shape index (κ3) is 2.76. The number of ether oxygens (including phenoxy) is 1. The minimum absolute atomic E-state index is 0.637. The van der Waals surface area contributed by atoms with Crippen molar-refractivity contribution in [3.05, 3.63) is 0 Å². The second-order valence-corrected chi connectivity index (χ2v) is 5.66. The van der Waals surface area contributed by atoms with Crippen LogP contribution in [0.25, 0.3) is 0 Å². The molecule has 2 atom stereocenters. The van der Waals surface area contributed by atoms with Crippen molar-refractivity contribution in [2.45, 2.75) is 51.7 Å². The van der Waals surface area contributed by atoms with Crippen LogP contribution in [0.4, 0.5) is 0 Å². The van der Waals surface area contributed by atoms with E-state index in [9.17, 15) is 0 Å². The highest BCUT2D eigenvalue weighted by Gasteiger charge is 2.33. The van der Waals surface area contributed by atoms with Crippen molar-refractivity contribution in [3.8, 4) is 0 Å². The van der Waals surface area contributed by atoms with Crippen molar-refractivity contribution in [1.29, 1.82) is 0 Å². The first-order valence-corrected chi connectivity index (χ1v) is 6.75. The predicted octanol–water partition coefficient (Wildman–Crippen LogP) is 1.48. The van der Waals surface area contributed by atoms with Gasteiger partial charge in [0.05, 0.1) is 0 Å². The summed E-state index contributed by atoms with van der Waals surface area (Å²) in [7, 11) is 0. The van der Waals surface area contributed by atoms with Gasteiger partial charge in [0.1, 0.15) is 0 Å². The second kappa shape index (κ2) is 5.48. The number of piperazine rings is 1. The first-order chi connectivity index (χ1) is 7.68. The van der Waals surface area contributed by atoms with Crippen LogP contribution in [0.1, 0.15) is 33.6 Å². The van der Waals surface area contributed by atoms with Crippen LogP contribution in [0.5, 0.6) is 0 Å². The van der Waals surface area contributed by atoms with Gasteiger partial charge < -0.3 is 10.1 Å². The largest absolute Gasteiger partial charge is 0.381 e. The molecular weight excluding hydrogens is 200 g/mol. The molecular formula is C13H26N2O. The van der Waals surface area contributed by atoms with Crippen LogP contribution >= 0.6 is 0 Å². The van der Waals surface area contributed by atoms with Crippen molar-refractivity contribution in [1.82, 2.24) is 10.2 Å². The molecule has 0 bridgehead atoms. The molecule has 0 amide bonds. The van der Waals surface area contributed by atoms with Gasteiger partial charge in [0.15, 0.2) is 0 Å². The Balaban J connectivity index is 2.00. The molecule has 1 N–H and O–H groups in total. The molecule has 0 radical (unpaired) electrons. The fraction of sp³-hybridized carbons (Fsp3) is 1.00. The zero-order valence-electron chi connectivity index (χ0n) is 10.9. The van der Waals surface area contributed by atoms with Crippen LogP contribution in [0, 0.1) is 5.92 Å². The Bertz CT molecular complexity index is 214. The lowest BCUT2D eigenvalue weighted by molar-refractivity contribution is -0.00895. The lowest BCUT2D eigenvalue weighted by Crippen LogP contribution is -2.61. The first-order valence-electron chi connectivity index (χ1n) is 6.75. The Morgan fingerprint density at radius 2 is 1.94 bits per heavy atom. The van der Waals surface area contributed by atoms with Crippen LogP contribution < -0.4 is 5.32 Å². The van der Waals surface area contributed by atoms with E-state index in [4.69, 9.17) is 4.74 Å². The standard InChI is InChI=1S/C13H26N2O/c1-10(2)13-8-14-11(3)9-15(13)12-4-6-16-7-5-12/h10-14H,4-9H2,1-3H3. The van der Waals surface area contributed by atoms with Crippen LogP contribution in [0.15, 0.2) is 0 Å². The van der Waals surface area contributed by atoms with Gasteiger partial charge in [0.2, 0.25) is 0 Å². The molecule has 3 nitrogen and oxygen atoms in total. The Kier molecular flexibility index (Phi) is 4.22. The fourth-order valence-electron chi connectivity index (χ4n) is 3.01. The second-order valence-electron chi connectivity index (χ2n) is 5.66. The van der Waals surface area contributed by atoms with Crippen molar-refractivity contribution >= 4 is 0 Å². The Morgan fingerprint density at radius 1 is 1.25 bits per heavy atom. The molecule has 0 aromatic carbocycles. The number of rotatable bonds is 2. The number of nitrogens with one attached hydrogen (secondary N) is 1. The van der Waals surface area contributed by atoms with Crippen molar-refractivity contribution in [2.24, 2.45) is 5.92 Å². The summed E-state index contributed by atoms with van der Waals surface area (Å²) in [5.74, 6) is 0.739. The number of nitrogens with zero attached hydrogens (tertiary/aromatic N) is 1. The molecule has 2 rings (SSSR count). The lowest BCUT2D eigenvalue weighted by Gasteiger charge is -2.46. The van der Waals surface area contributed by atoms with Gasteiger partial charge in [-0.2, -0.15) is 0 Å². The van der Waals surface area contributed by atoms with Crippen LogP contribution in [-0.4, -0.2) is 49.3 Å². The highest BCUT2D eigenvalue weighted by molar-refractivity contribution is 4.90. The maximum absolute atomic E-state index is 5.47. The fourth-order valence-corrected chi connectivity index (χ4v) is 3.01. The van der Waals surface area contributed by atoms with E-state index in [2.05, 4.69) is 31.0 Å². The van der Waals surface area contributed by atoms with Crippen LogP contribution in [0.2, 0.25) is 0 Å². The molecule has 2 unspecified atom stereocenters. The molecule has 0 spiro atoms. The highest BCUT2D eigenvalue weighted by Crippen LogP contribution is 2.23. The molecule has 3 heteroatoms. The van der Waals surface area contributed by atoms with E-state index < -0.39 is 0 Å². The number of hydrogen-bond acceptors (Lipinski definition) is 3.